The molecule has 2 N–H and O–H groups in total. The number of halogens is 1. The van der Waals surface area contributed by atoms with Crippen molar-refractivity contribution in [2.75, 3.05) is 13.1 Å². The van der Waals surface area contributed by atoms with Crippen LogP contribution in [0.5, 0.6) is 0 Å². The number of rotatable bonds is 9. The molecule has 0 radical (unpaired) electrons. The molecule has 0 saturated heterocycles. The van der Waals surface area contributed by atoms with E-state index in [-0.39, 0.29) is 17.9 Å². The van der Waals surface area contributed by atoms with E-state index in [0.717, 1.165) is 22.2 Å². The van der Waals surface area contributed by atoms with E-state index in [1.54, 1.807) is 0 Å². The summed E-state index contributed by atoms with van der Waals surface area (Å²) < 4.78 is 1.85. The molecule has 0 aliphatic carbocycles. The van der Waals surface area contributed by atoms with Gasteiger partial charge in [0.25, 0.3) is 5.56 Å². The van der Waals surface area contributed by atoms with E-state index in [9.17, 15) is 14.4 Å². The van der Waals surface area contributed by atoms with Gasteiger partial charge in [0.1, 0.15) is 0 Å². The van der Waals surface area contributed by atoms with Gasteiger partial charge in [-0.25, -0.2) is 9.78 Å². The lowest BCUT2D eigenvalue weighted by Gasteiger charge is -2.25. The monoisotopic (exact) mass is 495 g/mol. The first kappa shape index (κ1) is 24.6. The standard InChI is InChI=1S/C25H26ClN5O4/c1-15-12-19-20(13-16(15)2)31(23-22(27-19)24(34)29-25(35)28-23)11-10-30(9-3-4-21(32)33)14-17-5-7-18(26)8-6-17/h5-8,12-13H,3-4,9-11,14H2,1-2H3,(H,32,33)(H,29,34,35). The summed E-state index contributed by atoms with van der Waals surface area (Å²) in [6, 6.07) is 11.4. The number of aryl methyl sites for hydroxylation is 2. The lowest BCUT2D eigenvalue weighted by molar-refractivity contribution is -0.137. The lowest BCUT2D eigenvalue weighted by Crippen LogP contribution is -2.32. The maximum atomic E-state index is 12.5. The Hall–Kier alpha value is -3.56. The number of hydrogen-bond acceptors (Lipinski definition) is 6. The molecule has 2 aromatic carbocycles. The van der Waals surface area contributed by atoms with E-state index in [1.807, 2.05) is 54.8 Å². The Morgan fingerprint density at radius 1 is 1.09 bits per heavy atom. The first-order valence-corrected chi connectivity index (χ1v) is 11.7. The molecule has 0 saturated carbocycles. The fourth-order valence-corrected chi connectivity index (χ4v) is 4.22. The molecule has 9 nitrogen and oxygen atoms in total. The van der Waals surface area contributed by atoms with Gasteiger partial charge in [0.05, 0.1) is 11.0 Å². The van der Waals surface area contributed by atoms with E-state index >= 15 is 0 Å². The number of nitrogens with zero attached hydrogens (tertiary/aromatic N) is 4. The van der Waals surface area contributed by atoms with Crippen molar-refractivity contribution in [3.8, 4) is 11.5 Å². The number of nitrogens with one attached hydrogen (secondary N) is 1. The van der Waals surface area contributed by atoms with Crippen molar-refractivity contribution >= 4 is 28.6 Å². The Morgan fingerprint density at radius 2 is 1.80 bits per heavy atom. The van der Waals surface area contributed by atoms with Crippen LogP contribution in [0.15, 0.2) is 46.0 Å². The summed E-state index contributed by atoms with van der Waals surface area (Å²) >= 11 is 6.02. The summed E-state index contributed by atoms with van der Waals surface area (Å²) in [6.45, 7) is 6.09. The van der Waals surface area contributed by atoms with Crippen LogP contribution in [0, 0.1) is 13.8 Å². The minimum atomic E-state index is -0.839. The third-order valence-corrected chi connectivity index (χ3v) is 6.30. The molecule has 0 fully saturated rings. The zero-order chi connectivity index (χ0) is 25.1. The van der Waals surface area contributed by atoms with Crippen molar-refractivity contribution in [1.82, 2.24) is 24.4 Å². The second-order valence-electron chi connectivity index (χ2n) is 8.63. The smallest absolute Gasteiger partial charge is 0.349 e. The number of fused-ring (bicyclic) bond motifs is 2. The van der Waals surface area contributed by atoms with Gasteiger partial charge in [0, 0.05) is 31.1 Å². The van der Waals surface area contributed by atoms with Gasteiger partial charge in [-0.05, 0) is 67.8 Å². The van der Waals surface area contributed by atoms with Crippen LogP contribution in [0.3, 0.4) is 0 Å². The molecule has 2 aromatic rings. The van der Waals surface area contributed by atoms with Crippen LogP contribution in [0.2, 0.25) is 5.02 Å². The van der Waals surface area contributed by atoms with Gasteiger partial charge in [-0.2, -0.15) is 4.98 Å². The average Bonchev–Trinajstić information content (AvgIpc) is 2.79. The Morgan fingerprint density at radius 3 is 2.51 bits per heavy atom. The third-order valence-electron chi connectivity index (χ3n) is 6.05. The highest BCUT2D eigenvalue weighted by atomic mass is 35.5. The van der Waals surface area contributed by atoms with Crippen LogP contribution in [0.4, 0.5) is 0 Å². The number of aromatic nitrogens is 4. The molecule has 4 rings (SSSR count). The van der Waals surface area contributed by atoms with Crippen LogP contribution in [0.25, 0.3) is 22.6 Å². The number of carbonyl (C=O) groups is 1. The van der Waals surface area contributed by atoms with E-state index < -0.39 is 17.2 Å². The summed E-state index contributed by atoms with van der Waals surface area (Å²) in [5, 5.41) is 9.72. The Kier molecular flexibility index (Phi) is 7.28. The predicted molar refractivity (Wildman–Crippen MR) is 134 cm³/mol. The van der Waals surface area contributed by atoms with Crippen molar-refractivity contribution in [3.63, 3.8) is 0 Å². The topological polar surface area (TPSA) is 121 Å². The highest BCUT2D eigenvalue weighted by Crippen LogP contribution is 2.24. The molecule has 0 aromatic heterocycles. The zero-order valence-electron chi connectivity index (χ0n) is 19.5. The van der Waals surface area contributed by atoms with Crippen molar-refractivity contribution in [1.29, 1.82) is 0 Å². The molecular weight excluding hydrogens is 470 g/mol. The van der Waals surface area contributed by atoms with Gasteiger partial charge in [-0.15, -0.1) is 0 Å². The molecule has 0 spiro atoms. The number of carboxylic acids is 1. The van der Waals surface area contributed by atoms with Gasteiger partial charge in [0.2, 0.25) is 0 Å². The van der Waals surface area contributed by atoms with Crippen molar-refractivity contribution in [3.05, 3.63) is 78.9 Å². The molecule has 35 heavy (non-hydrogen) atoms. The molecule has 10 heteroatoms. The molecule has 182 valence electrons. The van der Waals surface area contributed by atoms with Gasteiger partial charge >= 0.3 is 11.7 Å². The number of H-pyrrole nitrogens is 1. The minimum Gasteiger partial charge on any atom is -0.481 e. The van der Waals surface area contributed by atoms with Gasteiger partial charge in [0.15, 0.2) is 11.5 Å². The van der Waals surface area contributed by atoms with Gasteiger partial charge in [-0.1, -0.05) is 23.7 Å². The Balaban J connectivity index is 1.71. The van der Waals surface area contributed by atoms with E-state index in [2.05, 4.69) is 19.9 Å². The number of carboxylic acid groups (broad SMARTS) is 1. The fourth-order valence-electron chi connectivity index (χ4n) is 4.09. The SMILES string of the molecule is Cc1cc2nc3c(=O)[nH]c(=O)nc-3n(CCN(CCCC(=O)O)Cc3ccc(Cl)cc3)c2cc1C. The molecular formula is C25H26ClN5O4. The highest BCUT2D eigenvalue weighted by Gasteiger charge is 2.20. The van der Waals surface area contributed by atoms with E-state index in [1.165, 1.54) is 0 Å². The summed E-state index contributed by atoms with van der Waals surface area (Å²) in [7, 11) is 0. The zero-order valence-corrected chi connectivity index (χ0v) is 20.3. The first-order valence-electron chi connectivity index (χ1n) is 11.3. The average molecular weight is 496 g/mol. The van der Waals surface area contributed by atoms with Crippen LogP contribution in [-0.4, -0.2) is 48.6 Å². The largest absolute Gasteiger partial charge is 0.481 e. The highest BCUT2D eigenvalue weighted by molar-refractivity contribution is 6.30. The second-order valence-corrected chi connectivity index (χ2v) is 9.07. The number of benzene rings is 2. The van der Waals surface area contributed by atoms with Crippen LogP contribution < -0.4 is 11.2 Å². The molecule has 2 aliphatic rings. The van der Waals surface area contributed by atoms with Crippen LogP contribution >= 0.6 is 11.6 Å². The number of aromatic amines is 1. The fraction of sp³-hybridized carbons (Fsp3) is 0.320. The molecule has 0 atom stereocenters. The molecule has 0 amide bonds. The summed E-state index contributed by atoms with van der Waals surface area (Å²) in [6.07, 6.45) is 0.562. The first-order chi connectivity index (χ1) is 16.7. The number of hydrogen-bond donors (Lipinski definition) is 2. The molecule has 0 bridgehead atoms. The normalized spacial score (nSPS) is 11.5. The van der Waals surface area contributed by atoms with Crippen molar-refractivity contribution < 1.29 is 9.90 Å². The number of aliphatic carboxylic acids is 1. The minimum absolute atomic E-state index is 0.0698. The Bertz CT molecular complexity index is 1460. The predicted octanol–water partition coefficient (Wildman–Crippen LogP) is 3.22. The maximum Gasteiger partial charge on any atom is 0.349 e. The molecule has 2 heterocycles. The second kappa shape index (κ2) is 10.4. The third kappa shape index (κ3) is 5.75. The lowest BCUT2D eigenvalue weighted by atomic mass is 10.1. The van der Waals surface area contributed by atoms with E-state index in [0.29, 0.717) is 43.1 Å². The summed E-state index contributed by atoms with van der Waals surface area (Å²) in [4.78, 5) is 48.5. The van der Waals surface area contributed by atoms with E-state index in [4.69, 9.17) is 16.7 Å². The summed E-state index contributed by atoms with van der Waals surface area (Å²) in [5.74, 6) is -0.610. The molecule has 2 aliphatic heterocycles. The quantitative estimate of drug-likeness (QED) is 0.342. The maximum absolute atomic E-state index is 12.5. The van der Waals surface area contributed by atoms with Gasteiger partial charge < -0.3 is 9.67 Å². The van der Waals surface area contributed by atoms with Crippen molar-refractivity contribution in [2.24, 2.45) is 0 Å². The van der Waals surface area contributed by atoms with Gasteiger partial charge in [-0.3, -0.25) is 19.5 Å². The van der Waals surface area contributed by atoms with Crippen LogP contribution in [0.1, 0.15) is 29.5 Å². The van der Waals surface area contributed by atoms with Crippen molar-refractivity contribution in [2.45, 2.75) is 39.8 Å². The van der Waals surface area contributed by atoms with Crippen LogP contribution in [-0.2, 0) is 17.9 Å². The summed E-state index contributed by atoms with van der Waals surface area (Å²) in [5.41, 5.74) is 3.36. The molecule has 0 unspecified atom stereocenters. The Labute approximate surface area is 206 Å².